The van der Waals surface area contributed by atoms with E-state index in [1.807, 2.05) is 6.07 Å². The number of benzene rings is 1. The molecule has 0 bridgehead atoms. The lowest BCUT2D eigenvalue weighted by atomic mass is 10.1. The molecule has 0 aliphatic rings. The Morgan fingerprint density at radius 2 is 1.77 bits per heavy atom. The predicted molar refractivity (Wildman–Crippen MR) is 117 cm³/mol. The van der Waals surface area contributed by atoms with Crippen molar-refractivity contribution in [2.75, 3.05) is 6.61 Å². The molecule has 0 fully saturated rings. The minimum atomic E-state index is -4.54. The van der Waals surface area contributed by atoms with Gasteiger partial charge in [-0.2, -0.15) is 13.2 Å². The molecule has 2 N–H and O–H groups in total. The van der Waals surface area contributed by atoms with Gasteiger partial charge in [0.25, 0.3) is 0 Å². The summed E-state index contributed by atoms with van der Waals surface area (Å²) in [6.45, 7) is 8.10. The summed E-state index contributed by atoms with van der Waals surface area (Å²) in [6.07, 6.45) is -3.87. The summed E-state index contributed by atoms with van der Waals surface area (Å²) in [4.78, 5) is 11.2. The third-order valence-electron chi connectivity index (χ3n) is 4.84. The van der Waals surface area contributed by atoms with Gasteiger partial charge in [-0.25, -0.2) is 4.98 Å². The van der Waals surface area contributed by atoms with Gasteiger partial charge in [0.1, 0.15) is 11.6 Å². The number of hydrogen-bond acceptors (Lipinski definition) is 4. The summed E-state index contributed by atoms with van der Waals surface area (Å²) < 4.78 is 45.9. The number of phenolic OH excluding ortho intramolecular Hbond substituents is 1. The maximum Gasteiger partial charge on any atom is 0.420 e. The van der Waals surface area contributed by atoms with E-state index in [0.717, 1.165) is 11.1 Å². The molecule has 2 aromatic heterocycles. The lowest BCUT2D eigenvalue weighted by Crippen LogP contribution is -2.27. The molecule has 31 heavy (non-hydrogen) atoms. The zero-order valence-corrected chi connectivity index (χ0v) is 18.9. The second-order valence-electron chi connectivity index (χ2n) is 8.72. The Bertz CT molecular complexity index is 1030. The van der Waals surface area contributed by atoms with Crippen LogP contribution in [-0.4, -0.2) is 40.9 Å². The Kier molecular flexibility index (Phi) is 6.56. The van der Waals surface area contributed by atoms with Gasteiger partial charge in [-0.15, -0.1) is 0 Å². The Hall–Kier alpha value is -2.65. The maximum absolute atomic E-state index is 13.5. The van der Waals surface area contributed by atoms with Gasteiger partial charge >= 0.3 is 6.18 Å². The fraction of sp³-hybridized carbons (Fsp3) is 0.364. The Morgan fingerprint density at radius 1 is 1.06 bits per heavy atom. The molecule has 2 heterocycles. The molecule has 9 heteroatoms. The standard InChI is InChI=1S/C22H26F3N3O2Si/c1-14-11-15(6-8-19(14)29)17-7-5-16(12-26-17)21-27-13-18(28-21)20(22(23,24)25)30-9-10-31(2,3)4/h5-8,11-13,20,29H,9-10H2,1-4H3,(H,27,28). The van der Waals surface area contributed by atoms with Crippen molar-refractivity contribution >= 4 is 8.07 Å². The molecular formula is C22H26F3N3O2Si. The van der Waals surface area contributed by atoms with Crippen LogP contribution < -0.4 is 0 Å². The highest BCUT2D eigenvalue weighted by Gasteiger charge is 2.43. The molecule has 1 atom stereocenters. The molecule has 0 aliphatic heterocycles. The number of aromatic hydroxyl groups is 1. The summed E-state index contributed by atoms with van der Waals surface area (Å²) in [5, 5.41) is 9.66. The highest BCUT2D eigenvalue weighted by atomic mass is 28.3. The highest BCUT2D eigenvalue weighted by molar-refractivity contribution is 6.76. The van der Waals surface area contributed by atoms with Crippen molar-refractivity contribution in [2.45, 2.75) is 44.9 Å². The van der Waals surface area contributed by atoms with Gasteiger partial charge in [0, 0.05) is 32.0 Å². The molecular weight excluding hydrogens is 423 g/mol. The number of nitrogens with zero attached hydrogens (tertiary/aromatic N) is 2. The van der Waals surface area contributed by atoms with Gasteiger partial charge in [-0.05, 0) is 48.9 Å². The Morgan fingerprint density at radius 3 is 2.35 bits per heavy atom. The van der Waals surface area contributed by atoms with Crippen molar-refractivity contribution in [3.05, 3.63) is 54.0 Å². The van der Waals surface area contributed by atoms with E-state index in [9.17, 15) is 18.3 Å². The van der Waals surface area contributed by atoms with Gasteiger partial charge < -0.3 is 14.8 Å². The largest absolute Gasteiger partial charge is 0.508 e. The minimum Gasteiger partial charge on any atom is -0.508 e. The van der Waals surface area contributed by atoms with E-state index in [1.54, 1.807) is 37.4 Å². The second kappa shape index (κ2) is 8.84. The van der Waals surface area contributed by atoms with E-state index in [1.165, 1.54) is 6.20 Å². The first kappa shape index (κ1) is 23.0. The van der Waals surface area contributed by atoms with E-state index in [4.69, 9.17) is 4.74 Å². The SMILES string of the molecule is Cc1cc(-c2ccc(-c3ncc(C(OCC[Si](C)(C)C)C(F)(F)F)[nH]3)cn2)ccc1O. The van der Waals surface area contributed by atoms with Gasteiger partial charge in [0.2, 0.25) is 0 Å². The molecule has 0 amide bonds. The van der Waals surface area contributed by atoms with Gasteiger partial charge in [0.15, 0.2) is 6.10 Å². The number of alkyl halides is 3. The number of halogens is 3. The fourth-order valence-corrected chi connectivity index (χ4v) is 3.71. The van der Waals surface area contributed by atoms with E-state index in [-0.39, 0.29) is 18.1 Å². The molecule has 3 rings (SSSR count). The summed E-state index contributed by atoms with van der Waals surface area (Å²) in [5.41, 5.74) is 2.67. The van der Waals surface area contributed by atoms with Crippen LogP contribution in [0.1, 0.15) is 17.4 Å². The number of rotatable bonds is 7. The predicted octanol–water partition coefficient (Wildman–Crippen LogP) is 6.11. The molecule has 0 radical (unpaired) electrons. The lowest BCUT2D eigenvalue weighted by Gasteiger charge is -2.22. The molecule has 0 spiro atoms. The smallest absolute Gasteiger partial charge is 0.420 e. The quantitative estimate of drug-likeness (QED) is 0.427. The molecule has 0 saturated carbocycles. The summed E-state index contributed by atoms with van der Waals surface area (Å²) in [6, 6.07) is 9.30. The van der Waals surface area contributed by atoms with Gasteiger partial charge in [0.05, 0.1) is 17.6 Å². The first-order valence-corrected chi connectivity index (χ1v) is 13.6. The monoisotopic (exact) mass is 449 g/mol. The number of hydrogen-bond donors (Lipinski definition) is 2. The third kappa shape index (κ3) is 5.95. The maximum atomic E-state index is 13.5. The van der Waals surface area contributed by atoms with E-state index >= 15 is 0 Å². The van der Waals surface area contributed by atoms with E-state index < -0.39 is 20.4 Å². The molecule has 0 saturated heterocycles. The third-order valence-corrected chi connectivity index (χ3v) is 6.55. The Balaban J connectivity index is 1.78. The topological polar surface area (TPSA) is 71.0 Å². The van der Waals surface area contributed by atoms with Crippen LogP contribution in [0.15, 0.2) is 42.7 Å². The lowest BCUT2D eigenvalue weighted by molar-refractivity contribution is -0.223. The Labute approximate surface area is 180 Å². The van der Waals surface area contributed by atoms with Gasteiger partial charge in [-0.1, -0.05) is 19.6 Å². The first-order valence-electron chi connectivity index (χ1n) is 9.94. The molecule has 5 nitrogen and oxygen atoms in total. The average Bonchev–Trinajstić information content (AvgIpc) is 3.15. The number of aryl methyl sites for hydroxylation is 1. The molecule has 166 valence electrons. The van der Waals surface area contributed by atoms with Crippen molar-refractivity contribution in [1.29, 1.82) is 0 Å². The number of ether oxygens (including phenoxy) is 1. The van der Waals surface area contributed by atoms with Crippen LogP contribution in [0.2, 0.25) is 25.7 Å². The zero-order valence-electron chi connectivity index (χ0n) is 17.9. The van der Waals surface area contributed by atoms with Crippen LogP contribution in [0.4, 0.5) is 13.2 Å². The van der Waals surface area contributed by atoms with Crippen LogP contribution >= 0.6 is 0 Å². The van der Waals surface area contributed by atoms with E-state index in [0.29, 0.717) is 23.1 Å². The van der Waals surface area contributed by atoms with Crippen molar-refractivity contribution in [2.24, 2.45) is 0 Å². The first-order chi connectivity index (χ1) is 14.4. The van der Waals surface area contributed by atoms with E-state index in [2.05, 4.69) is 34.6 Å². The summed E-state index contributed by atoms with van der Waals surface area (Å²) >= 11 is 0. The number of H-pyrrole nitrogens is 1. The minimum absolute atomic E-state index is 0.0521. The molecule has 1 aromatic carbocycles. The summed E-state index contributed by atoms with van der Waals surface area (Å²) in [7, 11) is -1.51. The van der Waals surface area contributed by atoms with Crippen LogP contribution in [0.5, 0.6) is 5.75 Å². The van der Waals surface area contributed by atoms with Crippen LogP contribution in [0.25, 0.3) is 22.6 Å². The number of aromatic amines is 1. The van der Waals surface area contributed by atoms with Crippen molar-refractivity contribution in [1.82, 2.24) is 15.0 Å². The van der Waals surface area contributed by atoms with Gasteiger partial charge in [-0.3, -0.25) is 4.98 Å². The highest BCUT2D eigenvalue weighted by Crippen LogP contribution is 2.36. The summed E-state index contributed by atoms with van der Waals surface area (Å²) in [5.74, 6) is 0.494. The average molecular weight is 450 g/mol. The number of nitrogens with one attached hydrogen (secondary N) is 1. The second-order valence-corrected chi connectivity index (χ2v) is 14.3. The van der Waals surface area contributed by atoms with Crippen molar-refractivity contribution in [3.63, 3.8) is 0 Å². The number of imidazole rings is 1. The number of pyridine rings is 1. The molecule has 1 unspecified atom stereocenters. The molecule has 3 aromatic rings. The van der Waals surface area contributed by atoms with Crippen molar-refractivity contribution < 1.29 is 23.0 Å². The normalized spacial score (nSPS) is 13.4. The van der Waals surface area contributed by atoms with Crippen LogP contribution in [0.3, 0.4) is 0 Å². The number of aromatic nitrogens is 3. The zero-order chi connectivity index (χ0) is 22.8. The fourth-order valence-electron chi connectivity index (χ4n) is 2.98. The molecule has 0 aliphatic carbocycles. The number of phenols is 1. The van der Waals surface area contributed by atoms with Crippen LogP contribution in [0, 0.1) is 6.92 Å². The van der Waals surface area contributed by atoms with Crippen LogP contribution in [-0.2, 0) is 4.74 Å². The van der Waals surface area contributed by atoms with Crippen molar-refractivity contribution in [3.8, 4) is 28.4 Å².